The molecule has 0 bridgehead atoms. The van der Waals surface area contributed by atoms with Crippen LogP contribution < -0.4 is 5.32 Å². The van der Waals surface area contributed by atoms with Gasteiger partial charge < -0.3 is 5.32 Å². The van der Waals surface area contributed by atoms with Gasteiger partial charge in [0.1, 0.15) is 0 Å². The molecule has 0 aliphatic carbocycles. The van der Waals surface area contributed by atoms with E-state index >= 15 is 0 Å². The first-order valence-corrected chi connectivity index (χ1v) is 9.45. The van der Waals surface area contributed by atoms with Gasteiger partial charge in [0.05, 0.1) is 11.4 Å². The Morgan fingerprint density at radius 1 is 1.12 bits per heavy atom. The minimum atomic E-state index is 0.0337. The van der Waals surface area contributed by atoms with Crippen molar-refractivity contribution in [3.8, 4) is 5.69 Å². The molecule has 0 aliphatic heterocycles. The highest BCUT2D eigenvalue weighted by atomic mass is 32.2. The maximum Gasteiger partial charge on any atom is 0.234 e. The van der Waals surface area contributed by atoms with E-state index in [1.807, 2.05) is 47.3 Å². The second-order valence-corrected chi connectivity index (χ2v) is 6.70. The first kappa shape index (κ1) is 17.3. The van der Waals surface area contributed by atoms with Gasteiger partial charge in [-0.1, -0.05) is 31.2 Å². The fourth-order valence-corrected chi connectivity index (χ4v) is 3.28. The molecule has 128 valence electrons. The predicted molar refractivity (Wildman–Crippen MR) is 104 cm³/mol. The zero-order valence-electron chi connectivity index (χ0n) is 14.2. The molecule has 0 unspecified atom stereocenters. The molecule has 0 radical (unpaired) electrons. The van der Waals surface area contributed by atoms with Crippen LogP contribution in [-0.2, 0) is 17.0 Å². The van der Waals surface area contributed by atoms with Crippen LogP contribution in [0.25, 0.3) is 5.69 Å². The van der Waals surface area contributed by atoms with E-state index < -0.39 is 0 Å². The molecule has 1 aromatic heterocycles. The third kappa shape index (κ3) is 4.97. The van der Waals surface area contributed by atoms with E-state index in [4.69, 9.17) is 0 Å². The van der Waals surface area contributed by atoms with Crippen molar-refractivity contribution < 1.29 is 4.79 Å². The molecular formula is C20H21N3OS. The van der Waals surface area contributed by atoms with Crippen molar-refractivity contribution >= 4 is 23.4 Å². The number of amides is 1. The highest BCUT2D eigenvalue weighted by molar-refractivity contribution is 7.99. The van der Waals surface area contributed by atoms with Crippen LogP contribution in [0.1, 0.15) is 18.1 Å². The fourth-order valence-electron chi connectivity index (χ4n) is 2.49. The Hall–Kier alpha value is -2.53. The Bertz CT molecular complexity index is 813. The molecule has 0 aliphatic rings. The van der Waals surface area contributed by atoms with Gasteiger partial charge in [0.2, 0.25) is 5.91 Å². The summed E-state index contributed by atoms with van der Waals surface area (Å²) >= 11 is 1.61. The van der Waals surface area contributed by atoms with Crippen LogP contribution in [0.3, 0.4) is 0 Å². The highest BCUT2D eigenvalue weighted by Gasteiger charge is 2.04. The lowest BCUT2D eigenvalue weighted by molar-refractivity contribution is -0.113. The number of nitrogens with zero attached hydrogens (tertiary/aromatic N) is 2. The number of benzene rings is 2. The number of hydrogen-bond acceptors (Lipinski definition) is 3. The van der Waals surface area contributed by atoms with Crippen molar-refractivity contribution in [2.45, 2.75) is 19.1 Å². The molecule has 2 aromatic carbocycles. The molecule has 25 heavy (non-hydrogen) atoms. The van der Waals surface area contributed by atoms with E-state index in [-0.39, 0.29) is 5.91 Å². The summed E-state index contributed by atoms with van der Waals surface area (Å²) in [6.45, 7) is 2.11. The maximum atomic E-state index is 12.1. The van der Waals surface area contributed by atoms with Crippen LogP contribution in [0.4, 0.5) is 5.69 Å². The molecule has 0 spiro atoms. The van der Waals surface area contributed by atoms with Gasteiger partial charge in [-0.25, -0.2) is 4.68 Å². The minimum absolute atomic E-state index is 0.0337. The minimum Gasteiger partial charge on any atom is -0.325 e. The topological polar surface area (TPSA) is 46.9 Å². The lowest BCUT2D eigenvalue weighted by Crippen LogP contribution is -2.14. The number of hydrogen-bond donors (Lipinski definition) is 1. The first-order valence-electron chi connectivity index (χ1n) is 8.30. The Balaban J connectivity index is 1.46. The Morgan fingerprint density at radius 2 is 1.96 bits per heavy atom. The van der Waals surface area contributed by atoms with Gasteiger partial charge in [0.15, 0.2) is 0 Å². The molecule has 0 fully saturated rings. The lowest BCUT2D eigenvalue weighted by Gasteiger charge is -2.07. The van der Waals surface area contributed by atoms with Gasteiger partial charge >= 0.3 is 0 Å². The summed E-state index contributed by atoms with van der Waals surface area (Å²) in [7, 11) is 0. The fraction of sp³-hybridized carbons (Fsp3) is 0.200. The average Bonchev–Trinajstić information content (AvgIpc) is 3.17. The highest BCUT2D eigenvalue weighted by Crippen LogP contribution is 2.16. The van der Waals surface area contributed by atoms with Crippen molar-refractivity contribution in [3.63, 3.8) is 0 Å². The molecule has 0 atom stereocenters. The van der Waals surface area contributed by atoms with Gasteiger partial charge in [-0.15, -0.1) is 11.8 Å². The number of carbonyl (C=O) groups excluding carboxylic acids is 1. The number of aryl methyl sites for hydroxylation is 1. The van der Waals surface area contributed by atoms with E-state index in [1.165, 1.54) is 11.1 Å². The number of rotatable bonds is 7. The number of aromatic nitrogens is 2. The van der Waals surface area contributed by atoms with Crippen LogP contribution in [0, 0.1) is 0 Å². The Kier molecular flexibility index (Phi) is 5.90. The number of anilines is 1. The number of nitrogens with one attached hydrogen (secondary N) is 1. The third-order valence-electron chi connectivity index (χ3n) is 3.83. The molecular weight excluding hydrogens is 330 g/mol. The molecule has 4 nitrogen and oxygen atoms in total. The molecule has 3 rings (SSSR count). The third-order valence-corrected chi connectivity index (χ3v) is 4.83. The van der Waals surface area contributed by atoms with E-state index in [0.29, 0.717) is 5.75 Å². The summed E-state index contributed by atoms with van der Waals surface area (Å²) in [5.74, 6) is 1.28. The SMILES string of the molecule is CCc1cccc(NC(=O)CSCc2ccc(-n3cccn3)cc2)c1. The van der Waals surface area contributed by atoms with Gasteiger partial charge in [0, 0.05) is 23.8 Å². The van der Waals surface area contributed by atoms with E-state index in [0.717, 1.165) is 23.5 Å². The van der Waals surface area contributed by atoms with Crippen LogP contribution in [0.5, 0.6) is 0 Å². The van der Waals surface area contributed by atoms with Crippen molar-refractivity contribution in [2.24, 2.45) is 0 Å². The van der Waals surface area contributed by atoms with Crippen molar-refractivity contribution in [3.05, 3.63) is 78.1 Å². The normalized spacial score (nSPS) is 10.6. The predicted octanol–water partition coefficient (Wildman–Crippen LogP) is 4.31. The lowest BCUT2D eigenvalue weighted by atomic mass is 10.1. The number of thioether (sulfide) groups is 1. The van der Waals surface area contributed by atoms with Crippen LogP contribution in [0.15, 0.2) is 67.0 Å². The van der Waals surface area contributed by atoms with Gasteiger partial charge in [0.25, 0.3) is 0 Å². The second kappa shape index (κ2) is 8.53. The summed E-state index contributed by atoms with van der Waals surface area (Å²) in [5.41, 5.74) is 4.32. The Morgan fingerprint density at radius 3 is 2.68 bits per heavy atom. The van der Waals surface area contributed by atoms with E-state index in [2.05, 4.69) is 35.5 Å². The molecule has 0 saturated carbocycles. The monoisotopic (exact) mass is 351 g/mol. The molecule has 1 N–H and O–H groups in total. The van der Waals surface area contributed by atoms with E-state index in [1.54, 1.807) is 18.0 Å². The maximum absolute atomic E-state index is 12.1. The molecule has 3 aromatic rings. The van der Waals surface area contributed by atoms with Crippen molar-refractivity contribution in [1.82, 2.24) is 9.78 Å². The average molecular weight is 351 g/mol. The van der Waals surface area contributed by atoms with Gasteiger partial charge in [-0.2, -0.15) is 5.10 Å². The van der Waals surface area contributed by atoms with Gasteiger partial charge in [-0.3, -0.25) is 4.79 Å². The van der Waals surface area contributed by atoms with Gasteiger partial charge in [-0.05, 0) is 47.9 Å². The summed E-state index contributed by atoms with van der Waals surface area (Å²) in [6.07, 6.45) is 4.65. The van der Waals surface area contributed by atoms with Crippen molar-refractivity contribution in [2.75, 3.05) is 11.1 Å². The quantitative estimate of drug-likeness (QED) is 0.690. The smallest absolute Gasteiger partial charge is 0.234 e. The van der Waals surface area contributed by atoms with Crippen LogP contribution >= 0.6 is 11.8 Å². The molecule has 1 amide bonds. The zero-order valence-corrected chi connectivity index (χ0v) is 15.0. The molecule has 5 heteroatoms. The standard InChI is InChI=1S/C20H21N3OS/c1-2-16-5-3-6-18(13-16)22-20(24)15-25-14-17-7-9-19(10-8-17)23-12-4-11-21-23/h3-13H,2,14-15H2,1H3,(H,22,24). The largest absolute Gasteiger partial charge is 0.325 e. The summed E-state index contributed by atoms with van der Waals surface area (Å²) in [6, 6.07) is 18.1. The summed E-state index contributed by atoms with van der Waals surface area (Å²) in [5, 5.41) is 7.17. The zero-order chi connectivity index (χ0) is 17.5. The molecule has 0 saturated heterocycles. The first-order chi connectivity index (χ1) is 12.2. The Labute approximate surface area is 152 Å². The van der Waals surface area contributed by atoms with E-state index in [9.17, 15) is 4.79 Å². The van der Waals surface area contributed by atoms with Crippen molar-refractivity contribution in [1.29, 1.82) is 0 Å². The summed E-state index contributed by atoms with van der Waals surface area (Å²) < 4.78 is 1.83. The van der Waals surface area contributed by atoms with Crippen LogP contribution in [0.2, 0.25) is 0 Å². The van der Waals surface area contributed by atoms with Crippen LogP contribution in [-0.4, -0.2) is 21.4 Å². The second-order valence-electron chi connectivity index (χ2n) is 5.71. The number of carbonyl (C=O) groups is 1. The summed E-state index contributed by atoms with van der Waals surface area (Å²) in [4.78, 5) is 12.1. The molecule has 1 heterocycles.